The lowest BCUT2D eigenvalue weighted by atomic mass is 10.2. The summed E-state index contributed by atoms with van der Waals surface area (Å²) < 4.78 is 4.98. The van der Waals surface area contributed by atoms with Crippen LogP contribution in [0.2, 0.25) is 0 Å². The maximum absolute atomic E-state index is 12.3. The topological polar surface area (TPSA) is 65.4 Å². The number of H-pyrrole nitrogens is 1. The lowest BCUT2D eigenvalue weighted by molar-refractivity contribution is 0.0746. The molecule has 0 unspecified atom stereocenters. The number of nitrogens with one attached hydrogen (secondary N) is 1. The van der Waals surface area contributed by atoms with Crippen LogP contribution in [0.5, 0.6) is 0 Å². The molecule has 0 aliphatic carbocycles. The summed E-state index contributed by atoms with van der Waals surface area (Å²) in [5, 5.41) is 9.54. The third kappa shape index (κ3) is 2.75. The van der Waals surface area contributed by atoms with Gasteiger partial charge in [0, 0.05) is 32.2 Å². The first-order valence-electron chi connectivity index (χ1n) is 7.47. The second-order valence-corrected chi connectivity index (χ2v) is 6.36. The fourth-order valence-corrected chi connectivity index (χ4v) is 3.43. The number of thiophene rings is 1. The normalized spacial score (nSPS) is 15.1. The van der Waals surface area contributed by atoms with Crippen molar-refractivity contribution in [3.05, 3.63) is 47.7 Å². The Morgan fingerprint density at radius 2 is 2.13 bits per heavy atom. The van der Waals surface area contributed by atoms with E-state index in [1.54, 1.807) is 17.4 Å². The van der Waals surface area contributed by atoms with Crippen molar-refractivity contribution in [2.45, 2.75) is 0 Å². The van der Waals surface area contributed by atoms with Crippen LogP contribution < -0.4 is 4.90 Å². The van der Waals surface area contributed by atoms with E-state index in [1.807, 2.05) is 11.0 Å². The van der Waals surface area contributed by atoms with Crippen molar-refractivity contribution in [1.82, 2.24) is 15.1 Å². The van der Waals surface area contributed by atoms with Gasteiger partial charge in [0.1, 0.15) is 6.26 Å². The standard InChI is InChI=1S/C16H16N4O2S/c21-16(12-3-8-22-11-12)20-6-4-19(5-7-20)15-10-13(17-18-15)14-2-1-9-23-14/h1-3,8-11H,4-7H2,(H,17,18). The van der Waals surface area contributed by atoms with Crippen LogP contribution in [0, 0.1) is 0 Å². The summed E-state index contributed by atoms with van der Waals surface area (Å²) in [5.41, 5.74) is 1.64. The van der Waals surface area contributed by atoms with Gasteiger partial charge in [0.25, 0.3) is 5.91 Å². The molecule has 1 amide bonds. The molecule has 1 fully saturated rings. The fraction of sp³-hybridized carbons (Fsp3) is 0.250. The Balaban J connectivity index is 1.41. The quantitative estimate of drug-likeness (QED) is 0.803. The number of piperazine rings is 1. The molecule has 0 spiro atoms. The minimum atomic E-state index is 0.0275. The number of hydrogen-bond acceptors (Lipinski definition) is 5. The Kier molecular flexibility index (Phi) is 3.63. The van der Waals surface area contributed by atoms with Crippen LogP contribution in [0.1, 0.15) is 10.4 Å². The van der Waals surface area contributed by atoms with Gasteiger partial charge in [-0.1, -0.05) is 6.07 Å². The average Bonchev–Trinajstić information content (AvgIpc) is 3.36. The molecule has 4 rings (SSSR count). The molecule has 3 aromatic rings. The average molecular weight is 328 g/mol. The van der Waals surface area contributed by atoms with Gasteiger partial charge in [0.15, 0.2) is 5.82 Å². The van der Waals surface area contributed by atoms with Crippen molar-refractivity contribution < 1.29 is 9.21 Å². The molecular weight excluding hydrogens is 312 g/mol. The number of carbonyl (C=O) groups excluding carboxylic acids is 1. The Bertz CT molecular complexity index is 771. The smallest absolute Gasteiger partial charge is 0.257 e. The van der Waals surface area contributed by atoms with E-state index in [9.17, 15) is 4.79 Å². The van der Waals surface area contributed by atoms with Crippen molar-refractivity contribution in [2.24, 2.45) is 0 Å². The first-order chi connectivity index (χ1) is 11.3. The molecule has 0 atom stereocenters. The first-order valence-corrected chi connectivity index (χ1v) is 8.35. The Morgan fingerprint density at radius 1 is 1.26 bits per heavy atom. The van der Waals surface area contributed by atoms with Gasteiger partial charge in [0.05, 0.1) is 22.4 Å². The highest BCUT2D eigenvalue weighted by Crippen LogP contribution is 2.26. The number of aromatic amines is 1. The number of carbonyl (C=O) groups is 1. The molecule has 4 heterocycles. The Morgan fingerprint density at radius 3 is 2.83 bits per heavy atom. The summed E-state index contributed by atoms with van der Waals surface area (Å²) in [7, 11) is 0. The van der Waals surface area contributed by atoms with Crippen LogP contribution in [0.3, 0.4) is 0 Å². The largest absolute Gasteiger partial charge is 0.472 e. The maximum Gasteiger partial charge on any atom is 0.257 e. The van der Waals surface area contributed by atoms with E-state index < -0.39 is 0 Å². The van der Waals surface area contributed by atoms with Gasteiger partial charge in [-0.3, -0.25) is 9.89 Å². The lowest BCUT2D eigenvalue weighted by Crippen LogP contribution is -2.48. The molecule has 1 aliphatic heterocycles. The fourth-order valence-electron chi connectivity index (χ4n) is 2.74. The number of nitrogens with zero attached hydrogens (tertiary/aromatic N) is 3. The molecule has 0 saturated carbocycles. The van der Waals surface area contributed by atoms with Crippen LogP contribution >= 0.6 is 11.3 Å². The molecule has 7 heteroatoms. The van der Waals surface area contributed by atoms with E-state index in [4.69, 9.17) is 4.42 Å². The van der Waals surface area contributed by atoms with Crippen molar-refractivity contribution in [3.63, 3.8) is 0 Å². The number of aromatic nitrogens is 2. The molecule has 1 saturated heterocycles. The molecule has 0 radical (unpaired) electrons. The zero-order valence-electron chi connectivity index (χ0n) is 12.4. The Hall–Kier alpha value is -2.54. The van der Waals surface area contributed by atoms with E-state index >= 15 is 0 Å². The monoisotopic (exact) mass is 328 g/mol. The van der Waals surface area contributed by atoms with Gasteiger partial charge < -0.3 is 14.2 Å². The van der Waals surface area contributed by atoms with E-state index in [1.165, 1.54) is 17.4 Å². The van der Waals surface area contributed by atoms with Crippen molar-refractivity contribution in [1.29, 1.82) is 0 Å². The van der Waals surface area contributed by atoms with Gasteiger partial charge in [-0.05, 0) is 17.5 Å². The van der Waals surface area contributed by atoms with Gasteiger partial charge >= 0.3 is 0 Å². The molecular formula is C16H16N4O2S. The number of furan rings is 1. The summed E-state index contributed by atoms with van der Waals surface area (Å²) in [5.74, 6) is 0.962. The molecule has 0 bridgehead atoms. The van der Waals surface area contributed by atoms with Crippen molar-refractivity contribution >= 4 is 23.1 Å². The summed E-state index contributed by atoms with van der Waals surface area (Å²) in [4.78, 5) is 17.5. The molecule has 3 aromatic heterocycles. The van der Waals surface area contributed by atoms with Crippen LogP contribution in [0.4, 0.5) is 5.82 Å². The maximum atomic E-state index is 12.3. The predicted molar refractivity (Wildman–Crippen MR) is 88.7 cm³/mol. The van der Waals surface area contributed by atoms with Crippen LogP contribution in [-0.4, -0.2) is 47.2 Å². The summed E-state index contributed by atoms with van der Waals surface area (Å²) in [6.07, 6.45) is 3.02. The molecule has 0 aromatic carbocycles. The van der Waals surface area contributed by atoms with E-state index in [0.29, 0.717) is 18.7 Å². The number of rotatable bonds is 3. The number of hydrogen-bond donors (Lipinski definition) is 1. The predicted octanol–water partition coefficient (Wildman–Crippen LogP) is 2.69. The highest BCUT2D eigenvalue weighted by molar-refractivity contribution is 7.13. The van der Waals surface area contributed by atoms with Gasteiger partial charge in [-0.25, -0.2) is 0 Å². The summed E-state index contributed by atoms with van der Waals surface area (Å²) in [6, 6.07) is 7.87. The minimum Gasteiger partial charge on any atom is -0.472 e. The van der Waals surface area contributed by atoms with E-state index in [0.717, 1.165) is 24.6 Å². The second-order valence-electron chi connectivity index (χ2n) is 5.41. The molecule has 1 N–H and O–H groups in total. The zero-order chi connectivity index (χ0) is 15.6. The number of amides is 1. The van der Waals surface area contributed by atoms with E-state index in [2.05, 4.69) is 32.6 Å². The van der Waals surface area contributed by atoms with Gasteiger partial charge in [0.2, 0.25) is 0 Å². The highest BCUT2D eigenvalue weighted by Gasteiger charge is 2.24. The van der Waals surface area contributed by atoms with E-state index in [-0.39, 0.29) is 5.91 Å². The van der Waals surface area contributed by atoms with Gasteiger partial charge in [-0.15, -0.1) is 11.3 Å². The zero-order valence-corrected chi connectivity index (χ0v) is 13.3. The van der Waals surface area contributed by atoms with Crippen LogP contribution in [0.25, 0.3) is 10.6 Å². The Labute approximate surface area is 137 Å². The molecule has 23 heavy (non-hydrogen) atoms. The number of anilines is 1. The SMILES string of the molecule is O=C(c1ccoc1)N1CCN(c2cc(-c3cccs3)[nH]n2)CC1. The van der Waals surface area contributed by atoms with Crippen molar-refractivity contribution in [2.75, 3.05) is 31.1 Å². The highest BCUT2D eigenvalue weighted by atomic mass is 32.1. The first kappa shape index (κ1) is 14.1. The third-order valence-electron chi connectivity index (χ3n) is 4.01. The third-order valence-corrected chi connectivity index (χ3v) is 4.91. The van der Waals surface area contributed by atoms with Crippen LogP contribution in [-0.2, 0) is 0 Å². The summed E-state index contributed by atoms with van der Waals surface area (Å²) in [6.45, 7) is 2.92. The molecule has 6 nitrogen and oxygen atoms in total. The lowest BCUT2D eigenvalue weighted by Gasteiger charge is -2.34. The molecule has 118 valence electrons. The van der Waals surface area contributed by atoms with Crippen LogP contribution in [0.15, 0.2) is 46.6 Å². The second kappa shape index (κ2) is 5.92. The molecule has 1 aliphatic rings. The minimum absolute atomic E-state index is 0.0275. The van der Waals surface area contributed by atoms with Crippen molar-refractivity contribution in [3.8, 4) is 10.6 Å². The van der Waals surface area contributed by atoms with Gasteiger partial charge in [-0.2, -0.15) is 5.10 Å². The summed E-state index contributed by atoms with van der Waals surface area (Å²) >= 11 is 1.69.